The maximum atomic E-state index is 5.35. The molecule has 0 amide bonds. The van der Waals surface area contributed by atoms with Crippen molar-refractivity contribution in [2.24, 2.45) is 0 Å². The second-order valence-corrected chi connectivity index (χ2v) is 4.07. The lowest BCUT2D eigenvalue weighted by Gasteiger charge is -2.10. The van der Waals surface area contributed by atoms with Crippen molar-refractivity contribution >= 4 is 0 Å². The van der Waals surface area contributed by atoms with Crippen molar-refractivity contribution in [3.8, 4) is 11.5 Å². The van der Waals surface area contributed by atoms with E-state index >= 15 is 0 Å². The number of hydrogen-bond acceptors (Lipinski definition) is 2. The molecule has 1 rings (SSSR count). The van der Waals surface area contributed by atoms with Crippen LogP contribution in [0.1, 0.15) is 31.2 Å². The monoisotopic (exact) mass is 234 g/mol. The Bertz CT molecular complexity index is 345. The molecule has 0 saturated carbocycles. The van der Waals surface area contributed by atoms with Gasteiger partial charge in [-0.05, 0) is 49.4 Å². The molecule has 0 bridgehead atoms. The van der Waals surface area contributed by atoms with Crippen LogP contribution in [0.4, 0.5) is 0 Å². The second-order valence-electron chi connectivity index (χ2n) is 4.07. The number of aryl methyl sites for hydroxylation is 1. The summed E-state index contributed by atoms with van der Waals surface area (Å²) in [5.41, 5.74) is 1.23. The fourth-order valence-electron chi connectivity index (χ4n) is 1.86. The molecule has 0 saturated heterocycles. The molecular weight excluding hydrogens is 212 g/mol. The van der Waals surface area contributed by atoms with E-state index in [0.29, 0.717) is 0 Å². The summed E-state index contributed by atoms with van der Waals surface area (Å²) in [6, 6.07) is 5.96. The summed E-state index contributed by atoms with van der Waals surface area (Å²) in [6.45, 7) is 3.73. The molecule has 0 spiro atoms. The summed E-state index contributed by atoms with van der Waals surface area (Å²) in [5.74, 6) is 1.85. The third-order valence-electron chi connectivity index (χ3n) is 2.84. The molecule has 17 heavy (non-hydrogen) atoms. The van der Waals surface area contributed by atoms with Crippen LogP contribution in [0.5, 0.6) is 11.5 Å². The highest BCUT2D eigenvalue weighted by molar-refractivity contribution is 5.40. The van der Waals surface area contributed by atoms with Crippen molar-refractivity contribution in [3.05, 3.63) is 36.4 Å². The van der Waals surface area contributed by atoms with Gasteiger partial charge in [0.1, 0.15) is 11.5 Å². The molecule has 0 atom stereocenters. The van der Waals surface area contributed by atoms with Gasteiger partial charge >= 0.3 is 0 Å². The minimum absolute atomic E-state index is 0.895. The third-order valence-corrected chi connectivity index (χ3v) is 2.84. The molecule has 1 aromatic carbocycles. The van der Waals surface area contributed by atoms with Crippen LogP contribution in [0.15, 0.2) is 30.9 Å². The minimum Gasteiger partial charge on any atom is -0.497 e. The highest BCUT2D eigenvalue weighted by Gasteiger charge is 2.04. The SMILES string of the molecule is C=CCCCCCc1cc(OC)ccc1OC. The quantitative estimate of drug-likeness (QED) is 0.500. The molecule has 0 N–H and O–H groups in total. The first kappa shape index (κ1) is 13.6. The van der Waals surface area contributed by atoms with Gasteiger partial charge in [-0.1, -0.05) is 12.5 Å². The topological polar surface area (TPSA) is 18.5 Å². The zero-order valence-electron chi connectivity index (χ0n) is 10.9. The van der Waals surface area contributed by atoms with Gasteiger partial charge in [0, 0.05) is 0 Å². The smallest absolute Gasteiger partial charge is 0.122 e. The van der Waals surface area contributed by atoms with Crippen LogP contribution in [0, 0.1) is 0 Å². The summed E-state index contributed by atoms with van der Waals surface area (Å²) >= 11 is 0. The Morgan fingerprint density at radius 3 is 2.59 bits per heavy atom. The Kier molecular flexibility index (Phi) is 6.23. The lowest BCUT2D eigenvalue weighted by molar-refractivity contribution is 0.398. The Labute approximate surface area is 104 Å². The van der Waals surface area contributed by atoms with E-state index in [0.717, 1.165) is 24.3 Å². The lowest BCUT2D eigenvalue weighted by atomic mass is 10.0. The van der Waals surface area contributed by atoms with Crippen LogP contribution in [-0.4, -0.2) is 14.2 Å². The predicted octanol–water partition coefficient (Wildman–Crippen LogP) is 3.99. The Morgan fingerprint density at radius 2 is 1.94 bits per heavy atom. The number of hydrogen-bond donors (Lipinski definition) is 0. The third kappa shape index (κ3) is 4.51. The first-order valence-corrected chi connectivity index (χ1v) is 6.13. The fourth-order valence-corrected chi connectivity index (χ4v) is 1.86. The number of methoxy groups -OCH3 is 2. The number of allylic oxidation sites excluding steroid dienone is 1. The van der Waals surface area contributed by atoms with Crippen molar-refractivity contribution in [3.63, 3.8) is 0 Å². The summed E-state index contributed by atoms with van der Waals surface area (Å²) in [6.07, 6.45) is 7.75. The molecule has 0 heterocycles. The molecule has 2 heteroatoms. The van der Waals surface area contributed by atoms with E-state index in [1.807, 2.05) is 18.2 Å². The summed E-state index contributed by atoms with van der Waals surface area (Å²) in [4.78, 5) is 0. The maximum absolute atomic E-state index is 5.35. The number of benzene rings is 1. The highest BCUT2D eigenvalue weighted by Crippen LogP contribution is 2.25. The van der Waals surface area contributed by atoms with Crippen LogP contribution < -0.4 is 9.47 Å². The zero-order chi connectivity index (χ0) is 12.5. The number of ether oxygens (including phenoxy) is 2. The molecule has 2 nitrogen and oxygen atoms in total. The van der Waals surface area contributed by atoms with Crippen molar-refractivity contribution in [1.82, 2.24) is 0 Å². The molecule has 0 aliphatic rings. The van der Waals surface area contributed by atoms with E-state index in [9.17, 15) is 0 Å². The average Bonchev–Trinajstić information content (AvgIpc) is 2.38. The van der Waals surface area contributed by atoms with E-state index in [-0.39, 0.29) is 0 Å². The molecule has 0 aromatic heterocycles. The van der Waals surface area contributed by atoms with Gasteiger partial charge in [-0.15, -0.1) is 6.58 Å². The Hall–Kier alpha value is -1.44. The first-order chi connectivity index (χ1) is 8.31. The Morgan fingerprint density at radius 1 is 1.12 bits per heavy atom. The van der Waals surface area contributed by atoms with Crippen LogP contribution in [-0.2, 0) is 6.42 Å². The van der Waals surface area contributed by atoms with Crippen molar-refractivity contribution in [2.45, 2.75) is 32.1 Å². The van der Waals surface area contributed by atoms with Crippen LogP contribution in [0.25, 0.3) is 0 Å². The van der Waals surface area contributed by atoms with Crippen molar-refractivity contribution in [1.29, 1.82) is 0 Å². The van der Waals surface area contributed by atoms with Crippen LogP contribution in [0.2, 0.25) is 0 Å². The molecule has 0 fully saturated rings. The molecule has 0 radical (unpaired) electrons. The van der Waals surface area contributed by atoms with Gasteiger partial charge in [0.2, 0.25) is 0 Å². The van der Waals surface area contributed by atoms with E-state index in [1.54, 1.807) is 14.2 Å². The van der Waals surface area contributed by atoms with Crippen molar-refractivity contribution < 1.29 is 9.47 Å². The number of rotatable bonds is 8. The zero-order valence-corrected chi connectivity index (χ0v) is 10.9. The second kappa shape index (κ2) is 7.77. The average molecular weight is 234 g/mol. The van der Waals surface area contributed by atoms with Crippen LogP contribution in [0.3, 0.4) is 0 Å². The van der Waals surface area contributed by atoms with E-state index in [2.05, 4.69) is 12.6 Å². The van der Waals surface area contributed by atoms with Gasteiger partial charge < -0.3 is 9.47 Å². The van der Waals surface area contributed by atoms with Gasteiger partial charge in [-0.2, -0.15) is 0 Å². The first-order valence-electron chi connectivity index (χ1n) is 6.13. The highest BCUT2D eigenvalue weighted by atomic mass is 16.5. The summed E-state index contributed by atoms with van der Waals surface area (Å²) in [5, 5.41) is 0. The van der Waals surface area contributed by atoms with Gasteiger partial charge in [-0.3, -0.25) is 0 Å². The van der Waals surface area contributed by atoms with E-state index < -0.39 is 0 Å². The molecule has 0 aliphatic carbocycles. The normalized spacial score (nSPS) is 10.0. The van der Waals surface area contributed by atoms with Gasteiger partial charge in [0.15, 0.2) is 0 Å². The fraction of sp³-hybridized carbons (Fsp3) is 0.467. The van der Waals surface area contributed by atoms with E-state index in [4.69, 9.17) is 9.47 Å². The van der Waals surface area contributed by atoms with Gasteiger partial charge in [0.25, 0.3) is 0 Å². The summed E-state index contributed by atoms with van der Waals surface area (Å²) < 4.78 is 10.6. The molecule has 94 valence electrons. The maximum Gasteiger partial charge on any atom is 0.122 e. The Balaban J connectivity index is 2.52. The molecule has 1 aromatic rings. The van der Waals surface area contributed by atoms with Crippen LogP contribution >= 0.6 is 0 Å². The van der Waals surface area contributed by atoms with Gasteiger partial charge in [0.05, 0.1) is 14.2 Å². The lowest BCUT2D eigenvalue weighted by Crippen LogP contribution is -1.94. The molecular formula is C15H22O2. The summed E-state index contributed by atoms with van der Waals surface area (Å²) in [7, 11) is 3.40. The van der Waals surface area contributed by atoms with Crippen molar-refractivity contribution in [2.75, 3.05) is 14.2 Å². The van der Waals surface area contributed by atoms with E-state index in [1.165, 1.54) is 24.8 Å². The van der Waals surface area contributed by atoms with Gasteiger partial charge in [-0.25, -0.2) is 0 Å². The number of unbranched alkanes of at least 4 members (excludes halogenated alkanes) is 3. The standard InChI is InChI=1S/C15H22O2/c1-4-5-6-7-8-9-13-12-14(16-2)10-11-15(13)17-3/h4,10-12H,1,5-9H2,2-3H3. The largest absolute Gasteiger partial charge is 0.497 e. The minimum atomic E-state index is 0.895. The molecule has 0 unspecified atom stereocenters. The predicted molar refractivity (Wildman–Crippen MR) is 71.9 cm³/mol. The molecule has 0 aliphatic heterocycles.